The highest BCUT2D eigenvalue weighted by molar-refractivity contribution is 5.94. The van der Waals surface area contributed by atoms with Gasteiger partial charge in [0.1, 0.15) is 11.9 Å². The zero-order valence-electron chi connectivity index (χ0n) is 15.7. The lowest BCUT2D eigenvalue weighted by atomic mass is 9.99. The second-order valence-electron chi connectivity index (χ2n) is 7.14. The van der Waals surface area contributed by atoms with E-state index in [1.165, 1.54) is 5.56 Å². The van der Waals surface area contributed by atoms with Gasteiger partial charge in [-0.2, -0.15) is 0 Å². The Labute approximate surface area is 164 Å². The minimum atomic E-state index is -0.357. The molecule has 6 nitrogen and oxygen atoms in total. The van der Waals surface area contributed by atoms with Crippen LogP contribution in [-0.4, -0.2) is 42.6 Å². The summed E-state index contributed by atoms with van der Waals surface area (Å²) in [7, 11) is 0. The van der Waals surface area contributed by atoms with E-state index >= 15 is 0 Å². The molecule has 2 aliphatic heterocycles. The summed E-state index contributed by atoms with van der Waals surface area (Å²) in [4.78, 5) is 26.6. The highest BCUT2D eigenvalue weighted by atomic mass is 16.5. The molecular weight excluding hydrogens is 356 g/mol. The van der Waals surface area contributed by atoms with E-state index in [2.05, 4.69) is 5.32 Å². The first-order valence-electron chi connectivity index (χ1n) is 9.69. The Bertz CT molecular complexity index is 847. The van der Waals surface area contributed by atoms with Crippen LogP contribution in [0, 0.1) is 0 Å². The second kappa shape index (κ2) is 8.44. The third-order valence-corrected chi connectivity index (χ3v) is 5.17. The normalized spacial score (nSPS) is 18.4. The van der Waals surface area contributed by atoms with Gasteiger partial charge in [0.05, 0.1) is 0 Å². The molecule has 1 saturated heterocycles. The molecule has 0 unspecified atom stereocenters. The van der Waals surface area contributed by atoms with Crippen molar-refractivity contribution in [2.75, 3.05) is 25.1 Å². The number of para-hydroxylation sites is 1. The molecule has 0 saturated carbocycles. The van der Waals surface area contributed by atoms with E-state index in [-0.39, 0.29) is 24.5 Å². The van der Waals surface area contributed by atoms with E-state index < -0.39 is 0 Å². The molecular formula is C22H24N2O4. The van der Waals surface area contributed by atoms with Crippen LogP contribution in [0.25, 0.3) is 0 Å². The highest BCUT2D eigenvalue weighted by Crippen LogP contribution is 2.24. The first-order chi connectivity index (χ1) is 13.7. The van der Waals surface area contributed by atoms with E-state index in [4.69, 9.17) is 9.47 Å². The van der Waals surface area contributed by atoms with Gasteiger partial charge in [-0.25, -0.2) is 0 Å². The standard InChI is InChI=1S/C22H24N2O4/c25-21(15-28-19-5-2-1-3-6-19)24-11-10-16-8-9-18(13-17(16)14-24)23-22(26)20-7-4-12-27-20/h1-3,5-6,8-9,13,20H,4,7,10-12,14-15H2,(H,23,26)/t20-/m0/s1. The van der Waals surface area contributed by atoms with E-state index in [0.717, 1.165) is 30.5 Å². The van der Waals surface area contributed by atoms with Crippen LogP contribution in [0.4, 0.5) is 5.69 Å². The molecule has 1 N–H and O–H groups in total. The maximum atomic E-state index is 12.5. The van der Waals surface area contributed by atoms with Gasteiger partial charge < -0.3 is 19.7 Å². The maximum absolute atomic E-state index is 12.5. The van der Waals surface area contributed by atoms with Gasteiger partial charge in [-0.15, -0.1) is 0 Å². The van der Waals surface area contributed by atoms with Crippen molar-refractivity contribution in [3.63, 3.8) is 0 Å². The average molecular weight is 380 g/mol. The second-order valence-corrected chi connectivity index (χ2v) is 7.14. The molecule has 2 heterocycles. The zero-order chi connectivity index (χ0) is 19.3. The molecule has 0 radical (unpaired) electrons. The van der Waals surface area contributed by atoms with Crippen LogP contribution in [0.5, 0.6) is 5.75 Å². The number of carbonyl (C=O) groups is 2. The summed E-state index contributed by atoms with van der Waals surface area (Å²) in [6, 6.07) is 15.2. The first kappa shape index (κ1) is 18.5. The molecule has 1 atom stereocenters. The number of rotatable bonds is 5. The molecule has 28 heavy (non-hydrogen) atoms. The summed E-state index contributed by atoms with van der Waals surface area (Å²) >= 11 is 0. The van der Waals surface area contributed by atoms with Crippen molar-refractivity contribution in [1.29, 1.82) is 0 Å². The maximum Gasteiger partial charge on any atom is 0.260 e. The van der Waals surface area contributed by atoms with Gasteiger partial charge in [-0.05, 0) is 54.7 Å². The van der Waals surface area contributed by atoms with Gasteiger partial charge >= 0.3 is 0 Å². The molecule has 0 aromatic heterocycles. The molecule has 2 aliphatic rings. The number of nitrogens with zero attached hydrogens (tertiary/aromatic N) is 1. The minimum absolute atomic E-state index is 0.0226. The van der Waals surface area contributed by atoms with Crippen LogP contribution in [-0.2, 0) is 27.3 Å². The summed E-state index contributed by atoms with van der Waals surface area (Å²) in [6.45, 7) is 1.86. The third kappa shape index (κ3) is 4.34. The molecule has 6 heteroatoms. The number of anilines is 1. The van der Waals surface area contributed by atoms with Crippen molar-refractivity contribution in [3.05, 3.63) is 59.7 Å². The Balaban J connectivity index is 1.36. The fourth-order valence-electron chi connectivity index (χ4n) is 3.61. The highest BCUT2D eigenvalue weighted by Gasteiger charge is 2.25. The molecule has 2 aromatic rings. The Morgan fingerprint density at radius 3 is 2.79 bits per heavy atom. The number of nitrogens with one attached hydrogen (secondary N) is 1. The summed E-state index contributed by atoms with van der Waals surface area (Å²) in [5, 5.41) is 2.93. The van der Waals surface area contributed by atoms with Crippen molar-refractivity contribution in [3.8, 4) is 5.75 Å². The van der Waals surface area contributed by atoms with E-state index in [1.54, 1.807) is 4.90 Å². The monoisotopic (exact) mass is 380 g/mol. The first-order valence-corrected chi connectivity index (χ1v) is 9.69. The molecule has 2 amide bonds. The van der Waals surface area contributed by atoms with Crippen LogP contribution >= 0.6 is 0 Å². The van der Waals surface area contributed by atoms with Crippen molar-refractivity contribution >= 4 is 17.5 Å². The quantitative estimate of drug-likeness (QED) is 0.866. The molecule has 0 aliphatic carbocycles. The minimum Gasteiger partial charge on any atom is -0.484 e. The van der Waals surface area contributed by atoms with Gasteiger partial charge in [-0.1, -0.05) is 24.3 Å². The summed E-state index contributed by atoms with van der Waals surface area (Å²) in [5.74, 6) is 0.549. The SMILES string of the molecule is O=C(Nc1ccc2c(c1)CN(C(=O)COc1ccccc1)CC2)[C@@H]1CCCO1. The van der Waals surface area contributed by atoms with Crippen molar-refractivity contribution in [2.45, 2.75) is 31.9 Å². The number of fused-ring (bicyclic) bond motifs is 1. The van der Waals surface area contributed by atoms with Gasteiger partial charge in [0, 0.05) is 25.4 Å². The number of benzene rings is 2. The fourth-order valence-corrected chi connectivity index (χ4v) is 3.61. The van der Waals surface area contributed by atoms with Gasteiger partial charge in [0.15, 0.2) is 6.61 Å². The van der Waals surface area contributed by atoms with Crippen LogP contribution in [0.1, 0.15) is 24.0 Å². The van der Waals surface area contributed by atoms with Crippen LogP contribution in [0.15, 0.2) is 48.5 Å². The van der Waals surface area contributed by atoms with Gasteiger partial charge in [0.25, 0.3) is 11.8 Å². The van der Waals surface area contributed by atoms with Crippen LogP contribution in [0.3, 0.4) is 0 Å². The number of hydrogen-bond acceptors (Lipinski definition) is 4. The summed E-state index contributed by atoms with van der Waals surface area (Å²) in [5.41, 5.74) is 3.02. The topological polar surface area (TPSA) is 67.9 Å². The number of amides is 2. The number of ether oxygens (including phenoxy) is 2. The Hall–Kier alpha value is -2.86. The van der Waals surface area contributed by atoms with Crippen LogP contribution in [0.2, 0.25) is 0 Å². The van der Waals surface area contributed by atoms with E-state index in [1.807, 2.05) is 48.5 Å². The summed E-state index contributed by atoms with van der Waals surface area (Å²) < 4.78 is 11.0. The van der Waals surface area contributed by atoms with Crippen molar-refractivity contribution in [1.82, 2.24) is 4.90 Å². The Kier molecular flexibility index (Phi) is 5.58. The molecule has 146 valence electrons. The molecule has 2 aromatic carbocycles. The molecule has 0 spiro atoms. The van der Waals surface area contributed by atoms with Crippen molar-refractivity contribution in [2.24, 2.45) is 0 Å². The number of hydrogen-bond donors (Lipinski definition) is 1. The largest absolute Gasteiger partial charge is 0.484 e. The lowest BCUT2D eigenvalue weighted by Gasteiger charge is -2.29. The summed E-state index contributed by atoms with van der Waals surface area (Å²) in [6.07, 6.45) is 2.13. The van der Waals surface area contributed by atoms with Crippen LogP contribution < -0.4 is 10.1 Å². The Morgan fingerprint density at radius 2 is 2.00 bits per heavy atom. The van der Waals surface area contributed by atoms with Gasteiger partial charge in [0.2, 0.25) is 0 Å². The predicted molar refractivity (Wildman–Crippen MR) is 105 cm³/mol. The third-order valence-electron chi connectivity index (χ3n) is 5.17. The molecule has 0 bridgehead atoms. The zero-order valence-corrected chi connectivity index (χ0v) is 15.7. The molecule has 4 rings (SSSR count). The van der Waals surface area contributed by atoms with E-state index in [9.17, 15) is 9.59 Å². The average Bonchev–Trinajstić information content (AvgIpc) is 3.27. The van der Waals surface area contributed by atoms with Crippen molar-refractivity contribution < 1.29 is 19.1 Å². The van der Waals surface area contributed by atoms with Gasteiger partial charge in [-0.3, -0.25) is 9.59 Å². The van der Waals surface area contributed by atoms with E-state index in [0.29, 0.717) is 25.4 Å². The predicted octanol–water partition coefficient (Wildman–Crippen LogP) is 2.77. The number of carbonyl (C=O) groups excluding carboxylic acids is 2. The smallest absolute Gasteiger partial charge is 0.260 e. The fraction of sp³-hybridized carbons (Fsp3) is 0.364. The Morgan fingerprint density at radius 1 is 1.14 bits per heavy atom. The molecule has 1 fully saturated rings. The lowest BCUT2D eigenvalue weighted by Crippen LogP contribution is -2.38. The lowest BCUT2D eigenvalue weighted by molar-refractivity contribution is -0.134.